The molecular formula is C33H40O12. The van der Waals surface area contributed by atoms with Gasteiger partial charge in [-0.15, -0.1) is 0 Å². The van der Waals surface area contributed by atoms with Crippen molar-refractivity contribution >= 4 is 11.9 Å². The molecule has 1 heterocycles. The number of esters is 2. The van der Waals surface area contributed by atoms with E-state index in [-0.39, 0.29) is 32.0 Å². The predicted molar refractivity (Wildman–Crippen MR) is 161 cm³/mol. The van der Waals surface area contributed by atoms with Crippen LogP contribution < -0.4 is 18.9 Å². The Hall–Kier alpha value is -4.10. The molecule has 2 aromatic carbocycles. The first-order valence-electron chi connectivity index (χ1n) is 14.9. The summed E-state index contributed by atoms with van der Waals surface area (Å²) in [7, 11) is 0. The Kier molecular flexibility index (Phi) is 15.0. The Bertz CT molecular complexity index is 1230. The standard InChI is InChI=1S/C33H40O12/c34-32(26-5-1-2-6-26)44-23-24-45-33(35)27-9-10-30-31(25-27)43-22-18-39-14-13-37-16-20-41-29-8-4-3-7-28(29)40-19-15-36-11-12-38-17-21-42-30/h1-10,25-26H,11-24H2. The molecule has 0 saturated heterocycles. The fourth-order valence-electron chi connectivity index (χ4n) is 4.09. The van der Waals surface area contributed by atoms with E-state index in [2.05, 4.69) is 0 Å². The molecule has 0 fully saturated rings. The number of allylic oxidation sites excluding steroid dienone is 2. The zero-order chi connectivity index (χ0) is 31.4. The number of fused-ring (bicyclic) bond motifs is 2. The maximum atomic E-state index is 12.7. The first-order chi connectivity index (χ1) is 22.2. The molecule has 12 heteroatoms. The number of carbonyl (C=O) groups is 2. The van der Waals surface area contributed by atoms with Gasteiger partial charge in [-0.05, 0) is 30.3 Å². The molecule has 4 rings (SSSR count). The molecule has 244 valence electrons. The smallest absolute Gasteiger partial charge is 0.338 e. The summed E-state index contributed by atoms with van der Waals surface area (Å²) in [5, 5.41) is 0. The average Bonchev–Trinajstić information content (AvgIpc) is 3.61. The molecule has 2 aliphatic rings. The van der Waals surface area contributed by atoms with Crippen LogP contribution in [0.4, 0.5) is 0 Å². The molecule has 1 aliphatic carbocycles. The Balaban J connectivity index is 1.24. The molecular weight excluding hydrogens is 588 g/mol. The number of para-hydroxylation sites is 2. The zero-order valence-electron chi connectivity index (χ0n) is 25.2. The number of hydrogen-bond donors (Lipinski definition) is 0. The molecule has 0 N–H and O–H groups in total. The van der Waals surface area contributed by atoms with Crippen molar-refractivity contribution < 1.29 is 57.0 Å². The van der Waals surface area contributed by atoms with E-state index in [1.807, 2.05) is 24.3 Å². The largest absolute Gasteiger partial charge is 0.487 e. The van der Waals surface area contributed by atoms with Gasteiger partial charge in [0.05, 0.1) is 64.3 Å². The van der Waals surface area contributed by atoms with Gasteiger partial charge in [0.2, 0.25) is 0 Å². The van der Waals surface area contributed by atoms with E-state index in [0.29, 0.717) is 89.1 Å². The molecule has 0 aromatic heterocycles. The van der Waals surface area contributed by atoms with Crippen molar-refractivity contribution in [1.82, 2.24) is 0 Å². The summed E-state index contributed by atoms with van der Waals surface area (Å²) >= 11 is 0. The third kappa shape index (κ3) is 12.4. The van der Waals surface area contributed by atoms with Gasteiger partial charge in [-0.25, -0.2) is 4.79 Å². The molecule has 0 atom stereocenters. The van der Waals surface area contributed by atoms with Crippen molar-refractivity contribution in [2.75, 3.05) is 92.5 Å². The number of ether oxygens (including phenoxy) is 10. The highest BCUT2D eigenvalue weighted by atomic mass is 16.6. The van der Waals surface area contributed by atoms with Crippen molar-refractivity contribution in [3.63, 3.8) is 0 Å². The first-order valence-corrected chi connectivity index (χ1v) is 14.9. The molecule has 0 amide bonds. The molecule has 0 bridgehead atoms. The molecule has 45 heavy (non-hydrogen) atoms. The average molecular weight is 629 g/mol. The fraction of sp³-hybridized carbons (Fsp3) is 0.455. The van der Waals surface area contributed by atoms with Crippen LogP contribution in [0, 0.1) is 5.92 Å². The first kappa shape index (κ1) is 33.8. The van der Waals surface area contributed by atoms with Gasteiger partial charge in [0, 0.05) is 0 Å². The maximum Gasteiger partial charge on any atom is 0.338 e. The Morgan fingerprint density at radius 2 is 1.00 bits per heavy atom. The summed E-state index contributed by atoms with van der Waals surface area (Å²) in [6.07, 6.45) is 7.01. The van der Waals surface area contributed by atoms with Crippen molar-refractivity contribution in [3.8, 4) is 23.0 Å². The number of benzene rings is 2. The summed E-state index contributed by atoms with van der Waals surface area (Å²) < 4.78 is 56.2. The molecule has 0 radical (unpaired) electrons. The summed E-state index contributed by atoms with van der Waals surface area (Å²) in [5.41, 5.74) is 0.259. The van der Waals surface area contributed by atoms with Gasteiger partial charge in [-0.1, -0.05) is 36.4 Å². The van der Waals surface area contributed by atoms with Gasteiger partial charge in [-0.2, -0.15) is 0 Å². The second-order valence-electron chi connectivity index (χ2n) is 9.55. The quantitative estimate of drug-likeness (QED) is 0.356. The van der Waals surface area contributed by atoms with Crippen LogP contribution in [0.1, 0.15) is 10.4 Å². The summed E-state index contributed by atoms with van der Waals surface area (Å²) in [5.74, 6) is 0.690. The van der Waals surface area contributed by atoms with Crippen LogP contribution in [0.5, 0.6) is 23.0 Å². The highest BCUT2D eigenvalue weighted by molar-refractivity contribution is 5.90. The Labute approximate surface area is 262 Å². The Morgan fingerprint density at radius 1 is 0.556 bits per heavy atom. The van der Waals surface area contributed by atoms with E-state index in [0.717, 1.165) is 0 Å². The molecule has 2 aromatic rings. The van der Waals surface area contributed by atoms with Crippen LogP contribution in [0.3, 0.4) is 0 Å². The number of carbonyl (C=O) groups excluding carboxylic acids is 2. The van der Waals surface area contributed by atoms with Gasteiger partial charge in [0.1, 0.15) is 39.6 Å². The van der Waals surface area contributed by atoms with Crippen LogP contribution in [0.2, 0.25) is 0 Å². The SMILES string of the molecule is O=C(OCCOC(=O)C1C=CC=C1)c1ccc2c(c1)OCCOCCOCCOc1ccccc1OCCOCCOCCO2. The van der Waals surface area contributed by atoms with Crippen LogP contribution in [-0.2, 0) is 33.2 Å². The lowest BCUT2D eigenvalue weighted by atomic mass is 10.2. The molecule has 0 saturated carbocycles. The second-order valence-corrected chi connectivity index (χ2v) is 9.55. The van der Waals surface area contributed by atoms with Gasteiger partial charge in [0.25, 0.3) is 0 Å². The van der Waals surface area contributed by atoms with E-state index in [9.17, 15) is 9.59 Å². The lowest BCUT2D eigenvalue weighted by Crippen LogP contribution is -2.18. The van der Waals surface area contributed by atoms with Crippen molar-refractivity contribution in [3.05, 3.63) is 72.3 Å². The van der Waals surface area contributed by atoms with Crippen LogP contribution >= 0.6 is 0 Å². The highest BCUT2D eigenvalue weighted by Crippen LogP contribution is 2.29. The van der Waals surface area contributed by atoms with Crippen molar-refractivity contribution in [1.29, 1.82) is 0 Å². The molecule has 12 nitrogen and oxygen atoms in total. The lowest BCUT2D eigenvalue weighted by molar-refractivity contribution is -0.146. The van der Waals surface area contributed by atoms with Crippen LogP contribution in [0.15, 0.2) is 66.8 Å². The highest BCUT2D eigenvalue weighted by Gasteiger charge is 2.17. The van der Waals surface area contributed by atoms with Crippen molar-refractivity contribution in [2.45, 2.75) is 0 Å². The van der Waals surface area contributed by atoms with Crippen LogP contribution in [-0.4, -0.2) is 104 Å². The third-order valence-corrected chi connectivity index (χ3v) is 6.29. The Morgan fingerprint density at radius 3 is 1.53 bits per heavy atom. The second kappa shape index (κ2) is 20.0. The van der Waals surface area contributed by atoms with E-state index in [1.165, 1.54) is 0 Å². The number of rotatable bonds is 5. The van der Waals surface area contributed by atoms with Crippen LogP contribution in [0.25, 0.3) is 0 Å². The minimum Gasteiger partial charge on any atom is -0.487 e. The van der Waals surface area contributed by atoms with Gasteiger partial charge < -0.3 is 47.4 Å². The van der Waals surface area contributed by atoms with E-state index < -0.39 is 17.9 Å². The van der Waals surface area contributed by atoms with Gasteiger partial charge in [-0.3, -0.25) is 4.79 Å². The third-order valence-electron chi connectivity index (χ3n) is 6.29. The molecule has 0 spiro atoms. The maximum absolute atomic E-state index is 12.7. The predicted octanol–water partition coefficient (Wildman–Crippen LogP) is 3.42. The fourth-order valence-corrected chi connectivity index (χ4v) is 4.09. The van der Waals surface area contributed by atoms with Crippen molar-refractivity contribution in [2.24, 2.45) is 5.92 Å². The topological polar surface area (TPSA) is 126 Å². The zero-order valence-corrected chi connectivity index (χ0v) is 25.2. The minimum atomic E-state index is -0.586. The summed E-state index contributed by atoms with van der Waals surface area (Å²) in [6, 6.07) is 12.2. The summed E-state index contributed by atoms with van der Waals surface area (Å²) in [4.78, 5) is 24.6. The molecule has 0 unspecified atom stereocenters. The normalized spacial score (nSPS) is 17.6. The monoisotopic (exact) mass is 628 g/mol. The van der Waals surface area contributed by atoms with E-state index in [4.69, 9.17) is 47.4 Å². The van der Waals surface area contributed by atoms with E-state index >= 15 is 0 Å². The minimum absolute atomic E-state index is 0.0475. The molecule has 1 aliphatic heterocycles. The lowest BCUT2D eigenvalue weighted by Gasteiger charge is -2.15. The van der Waals surface area contributed by atoms with Gasteiger partial charge >= 0.3 is 11.9 Å². The number of hydrogen-bond acceptors (Lipinski definition) is 12. The van der Waals surface area contributed by atoms with Gasteiger partial charge in [0.15, 0.2) is 23.0 Å². The summed E-state index contributed by atoms with van der Waals surface area (Å²) in [6.45, 7) is 4.01. The van der Waals surface area contributed by atoms with E-state index in [1.54, 1.807) is 42.5 Å².